The highest BCUT2D eigenvalue weighted by atomic mass is 16.3. The zero-order chi connectivity index (χ0) is 15.4. The summed E-state index contributed by atoms with van der Waals surface area (Å²) < 4.78 is 4.93. The number of piperidine rings is 1. The van der Waals surface area contributed by atoms with Gasteiger partial charge in [-0.3, -0.25) is 9.89 Å². The predicted octanol–water partition coefficient (Wildman–Crippen LogP) is 1.43. The highest BCUT2D eigenvalue weighted by molar-refractivity contribution is 5.94. The monoisotopic (exact) mass is 303 g/mol. The fraction of sp³-hybridized carbons (Fsp3) is 0.357. The molecule has 1 aliphatic heterocycles. The average Bonchev–Trinajstić information content (AvgIpc) is 3.20. The van der Waals surface area contributed by atoms with E-state index in [1.807, 2.05) is 0 Å². The van der Waals surface area contributed by atoms with Crippen molar-refractivity contribution in [2.24, 2.45) is 0 Å². The molecule has 8 heteroatoms. The number of hydrogen-bond donors (Lipinski definition) is 3. The van der Waals surface area contributed by atoms with Crippen molar-refractivity contribution < 1.29 is 14.0 Å². The summed E-state index contributed by atoms with van der Waals surface area (Å²) in [6.07, 6.45) is 7.52. The quantitative estimate of drug-likeness (QED) is 0.798. The minimum atomic E-state index is -0.263. The number of amides is 3. The minimum absolute atomic E-state index is 0.0324. The maximum absolute atomic E-state index is 12.2. The van der Waals surface area contributed by atoms with Gasteiger partial charge in [-0.1, -0.05) is 0 Å². The summed E-state index contributed by atoms with van der Waals surface area (Å²) in [6, 6.07) is 1.45. The molecule has 0 aliphatic carbocycles. The first-order valence-electron chi connectivity index (χ1n) is 7.10. The van der Waals surface area contributed by atoms with Crippen LogP contribution in [0.3, 0.4) is 0 Å². The van der Waals surface area contributed by atoms with Crippen molar-refractivity contribution in [3.05, 3.63) is 36.5 Å². The molecule has 0 bridgehead atoms. The predicted molar refractivity (Wildman–Crippen MR) is 78.4 cm³/mol. The van der Waals surface area contributed by atoms with Gasteiger partial charge in [-0.2, -0.15) is 5.10 Å². The number of hydrogen-bond acceptors (Lipinski definition) is 4. The number of likely N-dealkylation sites (tertiary alicyclic amines) is 1. The third kappa shape index (κ3) is 3.27. The van der Waals surface area contributed by atoms with Gasteiger partial charge in [-0.05, 0) is 18.9 Å². The van der Waals surface area contributed by atoms with Crippen LogP contribution in [-0.2, 0) is 0 Å². The molecule has 0 radical (unpaired) electrons. The molecule has 8 nitrogen and oxygen atoms in total. The molecule has 1 saturated heterocycles. The van der Waals surface area contributed by atoms with Crippen molar-refractivity contribution in [2.45, 2.75) is 18.9 Å². The fourth-order valence-electron chi connectivity index (χ4n) is 2.47. The van der Waals surface area contributed by atoms with Crippen molar-refractivity contribution in [1.29, 1.82) is 0 Å². The van der Waals surface area contributed by atoms with Gasteiger partial charge in [0.15, 0.2) is 0 Å². The van der Waals surface area contributed by atoms with Gasteiger partial charge >= 0.3 is 6.03 Å². The van der Waals surface area contributed by atoms with E-state index in [-0.39, 0.29) is 18.0 Å². The molecular weight excluding hydrogens is 286 g/mol. The van der Waals surface area contributed by atoms with Gasteiger partial charge in [0.1, 0.15) is 6.26 Å². The molecule has 3 amide bonds. The van der Waals surface area contributed by atoms with Crippen LogP contribution in [0.4, 0.5) is 10.5 Å². The van der Waals surface area contributed by atoms with E-state index in [1.165, 1.54) is 18.7 Å². The van der Waals surface area contributed by atoms with E-state index in [4.69, 9.17) is 4.42 Å². The summed E-state index contributed by atoms with van der Waals surface area (Å²) in [4.78, 5) is 25.8. The average molecular weight is 303 g/mol. The van der Waals surface area contributed by atoms with Crippen LogP contribution < -0.4 is 10.6 Å². The molecule has 3 heterocycles. The summed E-state index contributed by atoms with van der Waals surface area (Å²) in [5.74, 6) is -0.0324. The molecule has 116 valence electrons. The van der Waals surface area contributed by atoms with Gasteiger partial charge in [0.2, 0.25) is 0 Å². The Hall–Kier alpha value is -2.77. The Morgan fingerprint density at radius 2 is 2.18 bits per heavy atom. The number of furan rings is 1. The van der Waals surface area contributed by atoms with Gasteiger partial charge in [-0.25, -0.2) is 4.79 Å². The molecule has 1 fully saturated rings. The fourth-order valence-corrected chi connectivity index (χ4v) is 2.47. The number of aromatic nitrogens is 2. The number of rotatable bonds is 3. The first-order valence-corrected chi connectivity index (χ1v) is 7.10. The molecule has 2 aromatic rings. The molecule has 0 aromatic carbocycles. The Balaban J connectivity index is 1.45. The van der Waals surface area contributed by atoms with Gasteiger partial charge < -0.3 is 20.0 Å². The first kappa shape index (κ1) is 14.2. The number of urea groups is 1. The molecular formula is C14H17N5O3. The second kappa shape index (κ2) is 6.33. The second-order valence-corrected chi connectivity index (χ2v) is 5.16. The van der Waals surface area contributed by atoms with Crippen molar-refractivity contribution in [2.75, 3.05) is 18.4 Å². The molecule has 0 spiro atoms. The van der Waals surface area contributed by atoms with Gasteiger partial charge in [0.25, 0.3) is 5.91 Å². The molecule has 22 heavy (non-hydrogen) atoms. The number of nitrogens with one attached hydrogen (secondary N) is 3. The molecule has 0 atom stereocenters. The number of carbonyl (C=O) groups excluding carboxylic acids is 2. The van der Waals surface area contributed by atoms with E-state index in [0.717, 1.165) is 12.8 Å². The van der Waals surface area contributed by atoms with Gasteiger partial charge in [0, 0.05) is 25.3 Å². The lowest BCUT2D eigenvalue weighted by atomic mass is 10.0. The zero-order valence-electron chi connectivity index (χ0n) is 11.9. The van der Waals surface area contributed by atoms with E-state index < -0.39 is 0 Å². The second-order valence-electron chi connectivity index (χ2n) is 5.16. The molecule has 3 rings (SSSR count). The van der Waals surface area contributed by atoms with Crippen LogP contribution in [0.25, 0.3) is 0 Å². The number of nitrogens with zero attached hydrogens (tertiary/aromatic N) is 2. The van der Waals surface area contributed by atoms with Crippen LogP contribution in [0, 0.1) is 0 Å². The van der Waals surface area contributed by atoms with Gasteiger partial charge in [0.05, 0.1) is 23.7 Å². The number of anilines is 1. The number of H-pyrrole nitrogens is 1. The van der Waals surface area contributed by atoms with Crippen LogP contribution in [0.5, 0.6) is 0 Å². The smallest absolute Gasteiger partial charge is 0.319 e. The third-order valence-corrected chi connectivity index (χ3v) is 3.64. The first-order chi connectivity index (χ1) is 10.7. The molecule has 1 aliphatic rings. The lowest BCUT2D eigenvalue weighted by Crippen LogP contribution is -2.47. The van der Waals surface area contributed by atoms with Crippen molar-refractivity contribution in [3.8, 4) is 0 Å². The summed E-state index contributed by atoms with van der Waals surface area (Å²) in [5.41, 5.74) is 1.18. The highest BCUT2D eigenvalue weighted by Gasteiger charge is 2.25. The lowest BCUT2D eigenvalue weighted by molar-refractivity contribution is 0.0708. The summed E-state index contributed by atoms with van der Waals surface area (Å²) in [5, 5.41) is 12.0. The topological polar surface area (TPSA) is 103 Å². The largest absolute Gasteiger partial charge is 0.472 e. The number of carbonyl (C=O) groups is 2. The lowest BCUT2D eigenvalue weighted by Gasteiger charge is -2.32. The zero-order valence-corrected chi connectivity index (χ0v) is 11.9. The van der Waals surface area contributed by atoms with E-state index >= 15 is 0 Å². The number of aromatic amines is 1. The Morgan fingerprint density at radius 1 is 1.36 bits per heavy atom. The standard InChI is InChI=1S/C14H17N5O3/c20-13(10-3-6-22-9-10)19-4-1-11(2-5-19)17-14(21)18-12-7-15-16-8-12/h3,6-9,11H,1-2,4-5H2,(H,15,16)(H2,17,18,21). The van der Waals surface area contributed by atoms with Gasteiger partial charge in [-0.15, -0.1) is 0 Å². The summed E-state index contributed by atoms with van der Waals surface area (Å²) >= 11 is 0. The Morgan fingerprint density at radius 3 is 2.82 bits per heavy atom. The minimum Gasteiger partial charge on any atom is -0.472 e. The Bertz CT molecular complexity index is 615. The van der Waals surface area contributed by atoms with Crippen molar-refractivity contribution in [1.82, 2.24) is 20.4 Å². The molecule has 2 aromatic heterocycles. The normalized spacial score (nSPS) is 15.5. The molecule has 0 saturated carbocycles. The van der Waals surface area contributed by atoms with Crippen LogP contribution in [0.1, 0.15) is 23.2 Å². The molecule has 0 unspecified atom stereocenters. The van der Waals surface area contributed by atoms with E-state index in [9.17, 15) is 9.59 Å². The van der Waals surface area contributed by atoms with Crippen LogP contribution in [0.15, 0.2) is 35.4 Å². The van der Waals surface area contributed by atoms with E-state index in [0.29, 0.717) is 24.3 Å². The van der Waals surface area contributed by atoms with Crippen molar-refractivity contribution in [3.63, 3.8) is 0 Å². The summed E-state index contributed by atoms with van der Waals surface area (Å²) in [7, 11) is 0. The maximum Gasteiger partial charge on any atom is 0.319 e. The van der Waals surface area contributed by atoms with E-state index in [1.54, 1.807) is 17.2 Å². The molecule has 3 N–H and O–H groups in total. The van der Waals surface area contributed by atoms with Crippen LogP contribution >= 0.6 is 0 Å². The third-order valence-electron chi connectivity index (χ3n) is 3.64. The highest BCUT2D eigenvalue weighted by Crippen LogP contribution is 2.14. The van der Waals surface area contributed by atoms with Crippen LogP contribution in [0.2, 0.25) is 0 Å². The Labute approximate surface area is 126 Å². The SMILES string of the molecule is O=C(Nc1cn[nH]c1)NC1CCN(C(=O)c2ccoc2)CC1. The summed E-state index contributed by atoms with van der Waals surface area (Å²) in [6.45, 7) is 1.22. The van der Waals surface area contributed by atoms with E-state index in [2.05, 4.69) is 20.8 Å². The van der Waals surface area contributed by atoms with Crippen LogP contribution in [-0.4, -0.2) is 46.2 Å². The Kier molecular flexibility index (Phi) is 4.08. The maximum atomic E-state index is 12.2. The van der Waals surface area contributed by atoms with Crippen molar-refractivity contribution >= 4 is 17.6 Å².